The second kappa shape index (κ2) is 12.0. The van der Waals surface area contributed by atoms with Gasteiger partial charge < -0.3 is 0 Å². The van der Waals surface area contributed by atoms with Gasteiger partial charge in [-0.15, -0.1) is 5.43 Å². The number of aryl methyl sites for hydroxylation is 1. The Kier molecular flexibility index (Phi) is 7.70. The first-order valence-electron chi connectivity index (χ1n) is 13.6. The molecule has 1 aromatic heterocycles. The van der Waals surface area contributed by atoms with Crippen LogP contribution in [0.25, 0.3) is 33.6 Å². The molecule has 5 aromatic carbocycles. The number of benzene rings is 5. The van der Waals surface area contributed by atoms with Gasteiger partial charge in [0.05, 0.1) is 5.69 Å². The van der Waals surface area contributed by atoms with Crippen molar-refractivity contribution in [2.45, 2.75) is 6.92 Å². The maximum Gasteiger partial charge on any atom is 0.244 e. The summed E-state index contributed by atoms with van der Waals surface area (Å²) in [5.41, 5.74) is 13.1. The molecule has 0 aliphatic carbocycles. The van der Waals surface area contributed by atoms with Gasteiger partial charge in [-0.25, -0.2) is 4.99 Å². The van der Waals surface area contributed by atoms with Gasteiger partial charge >= 0.3 is 0 Å². The summed E-state index contributed by atoms with van der Waals surface area (Å²) in [6, 6.07) is 51.8. The molecule has 0 spiro atoms. The van der Waals surface area contributed by atoms with E-state index in [1.165, 1.54) is 5.56 Å². The van der Waals surface area contributed by atoms with Gasteiger partial charge in [0, 0.05) is 33.8 Å². The minimum absolute atomic E-state index is 0.650. The molecular formula is C37H29ClN3+. The van der Waals surface area contributed by atoms with Crippen LogP contribution in [0.1, 0.15) is 11.1 Å². The second-order valence-corrected chi connectivity index (χ2v) is 10.3. The van der Waals surface area contributed by atoms with E-state index in [2.05, 4.69) is 114 Å². The van der Waals surface area contributed by atoms with Gasteiger partial charge in [-0.3, -0.25) is 0 Å². The van der Waals surface area contributed by atoms with E-state index in [9.17, 15) is 0 Å². The zero-order valence-corrected chi connectivity index (χ0v) is 23.5. The van der Waals surface area contributed by atoms with Crippen molar-refractivity contribution in [2.24, 2.45) is 4.99 Å². The highest BCUT2D eigenvalue weighted by Gasteiger charge is 2.25. The lowest BCUT2D eigenvalue weighted by molar-refractivity contribution is -0.617. The molecule has 1 heterocycles. The van der Waals surface area contributed by atoms with E-state index in [4.69, 9.17) is 16.6 Å². The van der Waals surface area contributed by atoms with Crippen LogP contribution >= 0.6 is 11.6 Å². The predicted molar refractivity (Wildman–Crippen MR) is 171 cm³/mol. The molecule has 6 aromatic rings. The molecule has 3 nitrogen and oxygen atoms in total. The molecule has 0 saturated carbocycles. The van der Waals surface area contributed by atoms with Crippen LogP contribution in [0.5, 0.6) is 0 Å². The van der Waals surface area contributed by atoms with Crippen molar-refractivity contribution in [3.63, 3.8) is 0 Å². The summed E-state index contributed by atoms with van der Waals surface area (Å²) in [6.07, 6.45) is 0. The largest absolute Gasteiger partial charge is 0.244 e. The van der Waals surface area contributed by atoms with Crippen LogP contribution in [0.4, 0.5) is 5.69 Å². The lowest BCUT2D eigenvalue weighted by Gasteiger charge is -2.14. The van der Waals surface area contributed by atoms with E-state index < -0.39 is 0 Å². The Hall–Kier alpha value is -4.99. The van der Waals surface area contributed by atoms with Crippen LogP contribution in [-0.4, -0.2) is 5.84 Å². The number of aromatic nitrogens is 1. The zero-order valence-electron chi connectivity index (χ0n) is 22.7. The SMILES string of the molecule is Cc1ccc(N=C(N[n+]2c(-c3ccccc3)cc(-c3ccccc3)cc2-c2ccccc2)c2cccc(Cl)c2)cc1. The fraction of sp³-hybridized carbons (Fsp3) is 0.0270. The first kappa shape index (κ1) is 26.2. The normalized spacial score (nSPS) is 11.3. The molecule has 41 heavy (non-hydrogen) atoms. The van der Waals surface area contributed by atoms with Gasteiger partial charge in [0.15, 0.2) is 5.84 Å². The molecule has 0 saturated heterocycles. The number of aliphatic imine (C=N–C) groups is 1. The van der Waals surface area contributed by atoms with E-state index in [1.54, 1.807) is 0 Å². The summed E-state index contributed by atoms with van der Waals surface area (Å²) in [4.78, 5) is 5.08. The van der Waals surface area contributed by atoms with E-state index in [-0.39, 0.29) is 0 Å². The van der Waals surface area contributed by atoms with Crippen LogP contribution in [0.15, 0.2) is 157 Å². The number of rotatable bonds is 6. The smallest absolute Gasteiger partial charge is 0.226 e. The van der Waals surface area contributed by atoms with Gasteiger partial charge in [0.2, 0.25) is 11.4 Å². The number of hydrogen-bond acceptors (Lipinski definition) is 1. The number of amidine groups is 1. The Morgan fingerprint density at radius 3 is 1.63 bits per heavy atom. The van der Waals surface area contributed by atoms with Crippen molar-refractivity contribution < 1.29 is 4.68 Å². The highest BCUT2D eigenvalue weighted by Crippen LogP contribution is 2.29. The van der Waals surface area contributed by atoms with Crippen molar-refractivity contribution in [2.75, 3.05) is 5.43 Å². The molecule has 0 aliphatic rings. The number of nitrogens with zero attached hydrogens (tertiary/aromatic N) is 2. The molecule has 0 bridgehead atoms. The van der Waals surface area contributed by atoms with Gasteiger partial charge in [0.25, 0.3) is 0 Å². The molecular weight excluding hydrogens is 522 g/mol. The van der Waals surface area contributed by atoms with E-state index >= 15 is 0 Å². The molecule has 6 rings (SSSR count). The molecule has 0 fully saturated rings. The van der Waals surface area contributed by atoms with Gasteiger partial charge in [-0.1, -0.05) is 113 Å². The average Bonchev–Trinajstić information content (AvgIpc) is 3.03. The van der Waals surface area contributed by atoms with Crippen molar-refractivity contribution in [3.05, 3.63) is 168 Å². The number of halogens is 1. The van der Waals surface area contributed by atoms with Crippen LogP contribution in [0.2, 0.25) is 5.02 Å². The van der Waals surface area contributed by atoms with Gasteiger partial charge in [-0.2, -0.15) is 0 Å². The standard InChI is InChI=1S/C37H29ClN3/c1-27-20-22-34(23-21-27)39-37(31-18-11-19-33(38)24-31)40-41-35(29-14-7-3-8-15-29)25-32(28-12-5-2-6-13-28)26-36(41)30-16-9-4-10-17-30/h2-26H,1H3,(H,39,40)/q+1. The second-order valence-electron chi connectivity index (χ2n) is 9.87. The topological polar surface area (TPSA) is 28.3 Å². The minimum atomic E-state index is 0.650. The third-order valence-corrected chi connectivity index (χ3v) is 7.14. The Balaban J connectivity index is 1.61. The van der Waals surface area contributed by atoms with Crippen molar-refractivity contribution in [1.82, 2.24) is 0 Å². The van der Waals surface area contributed by atoms with E-state index in [0.717, 1.165) is 44.9 Å². The fourth-order valence-electron chi connectivity index (χ4n) is 4.80. The monoisotopic (exact) mass is 550 g/mol. The molecule has 0 unspecified atom stereocenters. The molecule has 198 valence electrons. The van der Waals surface area contributed by atoms with Crippen LogP contribution in [0.3, 0.4) is 0 Å². The van der Waals surface area contributed by atoms with Gasteiger partial charge in [-0.05, 0) is 66.6 Å². The molecule has 0 amide bonds. The fourth-order valence-corrected chi connectivity index (χ4v) is 4.99. The van der Waals surface area contributed by atoms with Crippen molar-refractivity contribution >= 4 is 23.1 Å². The molecule has 0 radical (unpaired) electrons. The number of pyridine rings is 1. The maximum absolute atomic E-state index is 6.47. The van der Waals surface area contributed by atoms with Crippen molar-refractivity contribution in [1.29, 1.82) is 0 Å². The Labute approximate surface area is 246 Å². The Bertz CT molecular complexity index is 1740. The maximum atomic E-state index is 6.47. The summed E-state index contributed by atoms with van der Waals surface area (Å²) < 4.78 is 2.13. The summed E-state index contributed by atoms with van der Waals surface area (Å²) in [7, 11) is 0. The summed E-state index contributed by atoms with van der Waals surface area (Å²) in [5, 5.41) is 0.650. The molecule has 0 atom stereocenters. The van der Waals surface area contributed by atoms with E-state index in [1.807, 2.05) is 54.6 Å². The van der Waals surface area contributed by atoms with Gasteiger partial charge in [0.1, 0.15) is 0 Å². The third-order valence-electron chi connectivity index (χ3n) is 6.90. The highest BCUT2D eigenvalue weighted by molar-refractivity contribution is 6.31. The Morgan fingerprint density at radius 1 is 0.561 bits per heavy atom. The summed E-state index contributed by atoms with van der Waals surface area (Å²) >= 11 is 6.47. The minimum Gasteiger partial charge on any atom is -0.226 e. The van der Waals surface area contributed by atoms with Crippen LogP contribution in [0, 0.1) is 6.92 Å². The summed E-state index contributed by atoms with van der Waals surface area (Å²) in [5.74, 6) is 0.683. The lowest BCUT2D eigenvalue weighted by Crippen LogP contribution is -2.52. The molecule has 0 aliphatic heterocycles. The molecule has 4 heteroatoms. The third kappa shape index (κ3) is 6.11. The first-order valence-corrected chi connectivity index (χ1v) is 14.0. The predicted octanol–water partition coefficient (Wildman–Crippen LogP) is 9.26. The Morgan fingerprint density at radius 2 is 1.10 bits per heavy atom. The number of nitrogens with one attached hydrogen (secondary N) is 1. The zero-order chi connectivity index (χ0) is 28.0. The molecule has 1 N–H and O–H groups in total. The quantitative estimate of drug-likeness (QED) is 0.125. The summed E-state index contributed by atoms with van der Waals surface area (Å²) in [6.45, 7) is 2.08. The van der Waals surface area contributed by atoms with Crippen LogP contribution < -0.4 is 10.1 Å². The number of hydrogen-bond donors (Lipinski definition) is 1. The van der Waals surface area contributed by atoms with Crippen molar-refractivity contribution in [3.8, 4) is 33.6 Å². The lowest BCUT2D eigenvalue weighted by atomic mass is 9.99. The average molecular weight is 551 g/mol. The first-order chi connectivity index (χ1) is 20.1. The highest BCUT2D eigenvalue weighted by atomic mass is 35.5. The van der Waals surface area contributed by atoms with E-state index in [0.29, 0.717) is 10.9 Å². The van der Waals surface area contributed by atoms with Crippen LogP contribution in [-0.2, 0) is 0 Å².